The van der Waals surface area contributed by atoms with Crippen molar-refractivity contribution in [3.05, 3.63) is 71.3 Å². The highest BCUT2D eigenvalue weighted by atomic mass is 32.1. The van der Waals surface area contributed by atoms with Crippen LogP contribution in [0, 0.1) is 17.1 Å². The molecule has 8 nitrogen and oxygen atoms in total. The summed E-state index contributed by atoms with van der Waals surface area (Å²) in [6.07, 6.45) is 0.590. The van der Waals surface area contributed by atoms with Crippen molar-refractivity contribution in [1.82, 2.24) is 19.6 Å². The van der Waals surface area contributed by atoms with Crippen molar-refractivity contribution in [1.29, 1.82) is 5.26 Å². The van der Waals surface area contributed by atoms with E-state index in [4.69, 9.17) is 5.26 Å². The van der Waals surface area contributed by atoms with Gasteiger partial charge in [0.1, 0.15) is 11.6 Å². The largest absolute Gasteiger partial charge is 0.344 e. The van der Waals surface area contributed by atoms with Crippen LogP contribution in [0.2, 0.25) is 0 Å². The number of rotatable bonds is 7. The van der Waals surface area contributed by atoms with E-state index in [1.807, 2.05) is 6.07 Å². The van der Waals surface area contributed by atoms with Crippen molar-refractivity contribution >= 4 is 28.4 Å². The molecule has 10 heteroatoms. The molecule has 2 amide bonds. The van der Waals surface area contributed by atoms with Gasteiger partial charge in [0.2, 0.25) is 5.13 Å². The van der Waals surface area contributed by atoms with Gasteiger partial charge in [0, 0.05) is 62.9 Å². The summed E-state index contributed by atoms with van der Waals surface area (Å²) in [5.41, 5.74) is 2.19. The first kappa shape index (κ1) is 22.6. The molecule has 2 N–H and O–H groups in total. The number of aromatic nitrogens is 2. The SMILES string of the molecule is N#Cc1ccc(NC(=O)NCCN2CCN(c3nc(Cc4ccc(F)cc4)ns3)CC2)cc1. The van der Waals surface area contributed by atoms with Gasteiger partial charge in [-0.1, -0.05) is 12.1 Å². The molecule has 1 aliphatic rings. The summed E-state index contributed by atoms with van der Waals surface area (Å²) in [5.74, 6) is 0.507. The molecule has 170 valence electrons. The molecule has 0 unspecified atom stereocenters. The predicted octanol–water partition coefficient (Wildman–Crippen LogP) is 3.08. The molecule has 0 bridgehead atoms. The Morgan fingerprint density at radius 2 is 1.82 bits per heavy atom. The Morgan fingerprint density at radius 1 is 1.09 bits per heavy atom. The number of nitriles is 1. The predicted molar refractivity (Wildman–Crippen MR) is 126 cm³/mol. The molecule has 2 aromatic carbocycles. The monoisotopic (exact) mass is 465 g/mol. The molecular formula is C23H24FN7OS. The fraction of sp³-hybridized carbons (Fsp3) is 0.304. The number of carbonyl (C=O) groups is 1. The number of piperazine rings is 1. The Balaban J connectivity index is 1.16. The summed E-state index contributed by atoms with van der Waals surface area (Å²) in [5, 5.41) is 15.4. The van der Waals surface area contributed by atoms with Crippen LogP contribution in [0.15, 0.2) is 48.5 Å². The molecule has 0 radical (unpaired) electrons. The van der Waals surface area contributed by atoms with Crippen LogP contribution in [0.25, 0.3) is 0 Å². The Bertz CT molecular complexity index is 1100. The van der Waals surface area contributed by atoms with E-state index in [-0.39, 0.29) is 11.8 Å². The van der Waals surface area contributed by atoms with Crippen LogP contribution in [-0.2, 0) is 6.42 Å². The van der Waals surface area contributed by atoms with E-state index in [1.165, 1.54) is 23.7 Å². The van der Waals surface area contributed by atoms with E-state index in [0.29, 0.717) is 24.2 Å². The van der Waals surface area contributed by atoms with Crippen LogP contribution >= 0.6 is 11.5 Å². The lowest BCUT2D eigenvalue weighted by Gasteiger charge is -2.34. The van der Waals surface area contributed by atoms with E-state index >= 15 is 0 Å². The first-order chi connectivity index (χ1) is 16.1. The van der Waals surface area contributed by atoms with Gasteiger partial charge >= 0.3 is 6.03 Å². The van der Waals surface area contributed by atoms with Crippen molar-refractivity contribution < 1.29 is 9.18 Å². The maximum Gasteiger partial charge on any atom is 0.319 e. The van der Waals surface area contributed by atoms with Gasteiger partial charge < -0.3 is 15.5 Å². The summed E-state index contributed by atoms with van der Waals surface area (Å²) >= 11 is 1.39. The maximum absolute atomic E-state index is 13.1. The number of carbonyl (C=O) groups excluding carboxylic acids is 1. The average Bonchev–Trinajstić information content (AvgIpc) is 3.30. The van der Waals surface area contributed by atoms with Crippen LogP contribution < -0.4 is 15.5 Å². The fourth-order valence-corrected chi connectivity index (χ4v) is 4.26. The van der Waals surface area contributed by atoms with Crippen molar-refractivity contribution in [2.24, 2.45) is 0 Å². The van der Waals surface area contributed by atoms with Crippen LogP contribution in [0.3, 0.4) is 0 Å². The van der Waals surface area contributed by atoms with Crippen molar-refractivity contribution in [3.63, 3.8) is 0 Å². The molecule has 0 aliphatic carbocycles. The normalized spacial score (nSPS) is 14.0. The quantitative estimate of drug-likeness (QED) is 0.557. The van der Waals surface area contributed by atoms with E-state index in [1.54, 1.807) is 36.4 Å². The van der Waals surface area contributed by atoms with Gasteiger partial charge in [-0.15, -0.1) is 0 Å². The molecule has 1 aromatic heterocycles. The summed E-state index contributed by atoms with van der Waals surface area (Å²) in [4.78, 5) is 21.2. The summed E-state index contributed by atoms with van der Waals surface area (Å²) < 4.78 is 17.5. The minimum atomic E-state index is -0.263. The lowest BCUT2D eigenvalue weighted by atomic mass is 10.1. The third kappa shape index (κ3) is 6.47. The number of benzene rings is 2. The van der Waals surface area contributed by atoms with Gasteiger partial charge in [0.15, 0.2) is 0 Å². The van der Waals surface area contributed by atoms with Gasteiger partial charge in [-0.05, 0) is 42.0 Å². The second-order valence-corrected chi connectivity index (χ2v) is 8.43. The zero-order valence-electron chi connectivity index (χ0n) is 18.0. The lowest BCUT2D eigenvalue weighted by molar-refractivity contribution is 0.240. The van der Waals surface area contributed by atoms with Crippen molar-refractivity contribution in [3.8, 4) is 6.07 Å². The first-order valence-corrected chi connectivity index (χ1v) is 11.5. The molecule has 1 fully saturated rings. The molecule has 4 rings (SSSR count). The van der Waals surface area contributed by atoms with Crippen LogP contribution in [0.4, 0.5) is 20.0 Å². The average molecular weight is 466 g/mol. The number of amides is 2. The lowest BCUT2D eigenvalue weighted by Crippen LogP contribution is -2.48. The third-order valence-corrected chi connectivity index (χ3v) is 6.18. The Hall–Kier alpha value is -3.55. The number of halogens is 1. The minimum Gasteiger partial charge on any atom is -0.344 e. The number of anilines is 2. The highest BCUT2D eigenvalue weighted by molar-refractivity contribution is 7.09. The highest BCUT2D eigenvalue weighted by Crippen LogP contribution is 2.20. The van der Waals surface area contributed by atoms with E-state index in [2.05, 4.69) is 29.8 Å². The maximum atomic E-state index is 13.1. The second kappa shape index (κ2) is 10.8. The standard InChI is InChI=1S/C23H24FN7OS/c24-19-5-1-17(2-6-19)15-21-28-23(33-29-21)31-13-11-30(12-14-31)10-9-26-22(32)27-20-7-3-18(16-25)4-8-20/h1-8H,9-15H2,(H2,26,27,32). The Kier molecular flexibility index (Phi) is 7.44. The van der Waals surface area contributed by atoms with Gasteiger partial charge in [0.25, 0.3) is 0 Å². The van der Waals surface area contributed by atoms with E-state index < -0.39 is 0 Å². The fourth-order valence-electron chi connectivity index (χ4n) is 3.52. The number of nitrogens with zero attached hydrogens (tertiary/aromatic N) is 5. The second-order valence-electron chi connectivity index (χ2n) is 7.70. The summed E-state index contributed by atoms with van der Waals surface area (Å²) in [6, 6.07) is 14.9. The summed E-state index contributed by atoms with van der Waals surface area (Å²) in [7, 11) is 0. The molecule has 0 atom stereocenters. The smallest absolute Gasteiger partial charge is 0.319 e. The van der Waals surface area contributed by atoms with Crippen LogP contribution in [0.5, 0.6) is 0 Å². The molecule has 2 heterocycles. The van der Waals surface area contributed by atoms with Gasteiger partial charge in [-0.2, -0.15) is 9.64 Å². The number of hydrogen-bond donors (Lipinski definition) is 2. The van der Waals surface area contributed by atoms with Crippen LogP contribution in [0.1, 0.15) is 17.0 Å². The molecule has 0 spiro atoms. The number of urea groups is 1. The summed E-state index contributed by atoms with van der Waals surface area (Å²) in [6.45, 7) is 4.77. The zero-order valence-corrected chi connectivity index (χ0v) is 18.8. The molecular weight excluding hydrogens is 441 g/mol. The van der Waals surface area contributed by atoms with Gasteiger partial charge in [0.05, 0.1) is 11.6 Å². The zero-order chi connectivity index (χ0) is 23.0. The third-order valence-electron chi connectivity index (χ3n) is 5.36. The molecule has 1 aliphatic heterocycles. The van der Waals surface area contributed by atoms with Crippen molar-refractivity contribution in [2.75, 3.05) is 49.5 Å². The molecule has 1 saturated heterocycles. The number of hydrogen-bond acceptors (Lipinski definition) is 7. The van der Waals surface area contributed by atoms with E-state index in [9.17, 15) is 9.18 Å². The Morgan fingerprint density at radius 3 is 2.52 bits per heavy atom. The highest BCUT2D eigenvalue weighted by Gasteiger charge is 2.20. The Labute approximate surface area is 195 Å². The first-order valence-electron chi connectivity index (χ1n) is 10.7. The van der Waals surface area contributed by atoms with Crippen LogP contribution in [-0.4, -0.2) is 59.6 Å². The van der Waals surface area contributed by atoms with E-state index in [0.717, 1.165) is 49.2 Å². The minimum absolute atomic E-state index is 0.245. The number of nitrogens with one attached hydrogen (secondary N) is 2. The topological polar surface area (TPSA) is 97.2 Å². The molecule has 33 heavy (non-hydrogen) atoms. The molecule has 0 saturated carbocycles. The van der Waals surface area contributed by atoms with Gasteiger partial charge in [-0.25, -0.2) is 14.2 Å². The van der Waals surface area contributed by atoms with Crippen molar-refractivity contribution in [2.45, 2.75) is 6.42 Å². The molecule has 3 aromatic rings. The van der Waals surface area contributed by atoms with Gasteiger partial charge in [-0.3, -0.25) is 4.90 Å².